The fourth-order valence-electron chi connectivity index (χ4n) is 3.53. The molecule has 1 aliphatic carbocycles. The number of para-hydroxylation sites is 1. The molecule has 5 nitrogen and oxygen atoms in total. The molecule has 0 bridgehead atoms. The number of carbonyl (C=O) groups excluding carboxylic acids is 1. The summed E-state index contributed by atoms with van der Waals surface area (Å²) in [5.74, 6) is -0.693. The molecule has 0 spiro atoms. The maximum Gasteiger partial charge on any atom is 0.287 e. The molecule has 3 aromatic rings. The van der Waals surface area contributed by atoms with E-state index in [1.165, 1.54) is 18.2 Å². The summed E-state index contributed by atoms with van der Waals surface area (Å²) in [6.45, 7) is 0. The number of fused-ring (bicyclic) bond motifs is 1. The summed E-state index contributed by atoms with van der Waals surface area (Å²) in [6.07, 6.45) is 1.55. The Labute approximate surface area is 155 Å². The van der Waals surface area contributed by atoms with E-state index in [-0.39, 0.29) is 29.4 Å². The maximum absolute atomic E-state index is 14.3. The average Bonchev–Trinajstić information content (AvgIpc) is 3.28. The van der Waals surface area contributed by atoms with Crippen LogP contribution in [0.2, 0.25) is 0 Å². The summed E-state index contributed by atoms with van der Waals surface area (Å²) in [7, 11) is 0. The van der Waals surface area contributed by atoms with Gasteiger partial charge in [0, 0.05) is 22.6 Å². The van der Waals surface area contributed by atoms with Gasteiger partial charge in [0.2, 0.25) is 0 Å². The smallest absolute Gasteiger partial charge is 0.287 e. The van der Waals surface area contributed by atoms with E-state index in [4.69, 9.17) is 9.68 Å². The molecular formula is C21H17FN2O3. The number of nitrogens with one attached hydrogen (secondary N) is 1. The summed E-state index contributed by atoms with van der Waals surface area (Å²) >= 11 is 0. The summed E-state index contributed by atoms with van der Waals surface area (Å²) in [5, 5.41) is 22.2. The van der Waals surface area contributed by atoms with E-state index in [0.29, 0.717) is 34.9 Å². The van der Waals surface area contributed by atoms with Gasteiger partial charge in [-0.3, -0.25) is 4.79 Å². The van der Waals surface area contributed by atoms with Crippen molar-refractivity contribution < 1.29 is 18.7 Å². The first-order chi connectivity index (χ1) is 13.0. The molecule has 0 saturated heterocycles. The van der Waals surface area contributed by atoms with Crippen LogP contribution >= 0.6 is 0 Å². The van der Waals surface area contributed by atoms with Gasteiger partial charge in [0.25, 0.3) is 5.91 Å². The Morgan fingerprint density at radius 3 is 2.81 bits per heavy atom. The number of benzene rings is 2. The third-order valence-corrected chi connectivity index (χ3v) is 4.89. The molecule has 1 heterocycles. The number of rotatable bonds is 3. The number of nitriles is 1. The van der Waals surface area contributed by atoms with Gasteiger partial charge in [0.15, 0.2) is 5.76 Å². The number of amides is 1. The molecule has 27 heavy (non-hydrogen) atoms. The fourth-order valence-corrected chi connectivity index (χ4v) is 3.53. The predicted octanol–water partition coefficient (Wildman–Crippen LogP) is 3.75. The van der Waals surface area contributed by atoms with Gasteiger partial charge >= 0.3 is 0 Å². The number of furan rings is 1. The van der Waals surface area contributed by atoms with Crippen LogP contribution < -0.4 is 5.32 Å². The van der Waals surface area contributed by atoms with Gasteiger partial charge in [-0.1, -0.05) is 18.2 Å². The molecule has 2 atom stereocenters. The van der Waals surface area contributed by atoms with E-state index in [1.807, 2.05) is 6.07 Å². The fraction of sp³-hybridized carbons (Fsp3) is 0.238. The molecule has 0 radical (unpaired) electrons. The van der Waals surface area contributed by atoms with Gasteiger partial charge < -0.3 is 14.8 Å². The first kappa shape index (κ1) is 17.3. The zero-order chi connectivity index (χ0) is 19.0. The molecule has 0 unspecified atom stereocenters. The number of aliphatic hydroxyl groups excluding tert-OH is 1. The van der Waals surface area contributed by atoms with Crippen LogP contribution in [-0.4, -0.2) is 23.2 Å². The lowest BCUT2D eigenvalue weighted by Gasteiger charge is -2.10. The molecule has 1 saturated carbocycles. The van der Waals surface area contributed by atoms with Gasteiger partial charge in [0.1, 0.15) is 11.4 Å². The summed E-state index contributed by atoms with van der Waals surface area (Å²) in [6, 6.07) is 12.9. The summed E-state index contributed by atoms with van der Waals surface area (Å²) < 4.78 is 20.1. The minimum absolute atomic E-state index is 0.0788. The third-order valence-electron chi connectivity index (χ3n) is 4.89. The average molecular weight is 364 g/mol. The minimum atomic E-state index is -0.469. The second-order valence-corrected chi connectivity index (χ2v) is 6.78. The second-order valence-electron chi connectivity index (χ2n) is 6.78. The van der Waals surface area contributed by atoms with Crippen molar-refractivity contribution in [2.75, 3.05) is 0 Å². The Morgan fingerprint density at radius 2 is 2.07 bits per heavy atom. The number of hydrogen-bond acceptors (Lipinski definition) is 4. The standard InChI is InChI=1S/C21H17FN2O3/c22-18-7-4-12(11-23)8-17(18)16-3-1-2-13-9-19(27-20(13)16)21(26)24-14-5-6-15(25)10-14/h1-4,7-9,14-15,25H,5-6,10H2,(H,24,26)/t14-,15+/m1/s1. The predicted molar refractivity (Wildman–Crippen MR) is 97.4 cm³/mol. The van der Waals surface area contributed by atoms with Crippen LogP contribution in [0.1, 0.15) is 35.4 Å². The molecule has 6 heteroatoms. The van der Waals surface area contributed by atoms with E-state index >= 15 is 0 Å². The van der Waals surface area contributed by atoms with Gasteiger partial charge in [0.05, 0.1) is 17.7 Å². The molecule has 136 valence electrons. The van der Waals surface area contributed by atoms with Crippen molar-refractivity contribution in [2.24, 2.45) is 0 Å². The zero-order valence-corrected chi connectivity index (χ0v) is 14.4. The normalized spacial score (nSPS) is 19.1. The number of aliphatic hydroxyl groups is 1. The SMILES string of the molecule is N#Cc1ccc(F)c(-c2cccc3cc(C(=O)N[C@@H]4CC[C@H](O)C4)oc23)c1. The molecule has 0 aliphatic heterocycles. The number of halogens is 1. The van der Waals surface area contributed by atoms with Crippen LogP contribution in [0.5, 0.6) is 0 Å². The first-order valence-electron chi connectivity index (χ1n) is 8.76. The van der Waals surface area contributed by atoms with Crippen molar-refractivity contribution in [1.82, 2.24) is 5.32 Å². The topological polar surface area (TPSA) is 86.3 Å². The molecule has 1 aliphatic rings. The van der Waals surface area contributed by atoms with Gasteiger partial charge in [-0.15, -0.1) is 0 Å². The van der Waals surface area contributed by atoms with Crippen LogP contribution in [0.4, 0.5) is 4.39 Å². The van der Waals surface area contributed by atoms with Crippen molar-refractivity contribution in [3.63, 3.8) is 0 Å². The molecule has 2 aromatic carbocycles. The van der Waals surface area contributed by atoms with Crippen LogP contribution in [-0.2, 0) is 0 Å². The largest absolute Gasteiger partial charge is 0.450 e. The van der Waals surface area contributed by atoms with E-state index in [9.17, 15) is 14.3 Å². The lowest BCUT2D eigenvalue weighted by Crippen LogP contribution is -2.32. The quantitative estimate of drug-likeness (QED) is 0.741. The minimum Gasteiger partial charge on any atom is -0.450 e. The van der Waals surface area contributed by atoms with Crippen molar-refractivity contribution in [3.8, 4) is 17.2 Å². The molecule has 1 amide bonds. The molecule has 1 fully saturated rings. The molecular weight excluding hydrogens is 347 g/mol. The number of carbonyl (C=O) groups is 1. The Balaban J connectivity index is 1.71. The first-order valence-corrected chi connectivity index (χ1v) is 8.76. The highest BCUT2D eigenvalue weighted by atomic mass is 19.1. The molecule has 2 N–H and O–H groups in total. The number of hydrogen-bond donors (Lipinski definition) is 2. The summed E-state index contributed by atoms with van der Waals surface area (Å²) in [4.78, 5) is 12.5. The van der Waals surface area contributed by atoms with Crippen molar-refractivity contribution >= 4 is 16.9 Å². The van der Waals surface area contributed by atoms with Crippen molar-refractivity contribution in [1.29, 1.82) is 5.26 Å². The lowest BCUT2D eigenvalue weighted by atomic mass is 10.0. The Morgan fingerprint density at radius 1 is 1.22 bits per heavy atom. The summed E-state index contributed by atoms with van der Waals surface area (Å²) in [5.41, 5.74) is 1.47. The van der Waals surface area contributed by atoms with Crippen LogP contribution in [0.3, 0.4) is 0 Å². The van der Waals surface area contributed by atoms with Crippen LogP contribution in [0.15, 0.2) is 46.9 Å². The maximum atomic E-state index is 14.3. The Bertz CT molecular complexity index is 1070. The zero-order valence-electron chi connectivity index (χ0n) is 14.4. The van der Waals surface area contributed by atoms with Crippen LogP contribution in [0, 0.1) is 17.1 Å². The van der Waals surface area contributed by atoms with E-state index in [1.54, 1.807) is 24.3 Å². The van der Waals surface area contributed by atoms with E-state index in [0.717, 1.165) is 6.42 Å². The van der Waals surface area contributed by atoms with E-state index in [2.05, 4.69) is 5.32 Å². The Hall–Kier alpha value is -3.17. The third kappa shape index (κ3) is 3.29. The number of nitrogens with zero attached hydrogens (tertiary/aromatic N) is 1. The highest BCUT2D eigenvalue weighted by Crippen LogP contribution is 2.33. The molecule has 4 rings (SSSR count). The monoisotopic (exact) mass is 364 g/mol. The second kappa shape index (κ2) is 6.86. The Kier molecular flexibility index (Phi) is 4.38. The van der Waals surface area contributed by atoms with Crippen molar-refractivity contribution in [2.45, 2.75) is 31.4 Å². The van der Waals surface area contributed by atoms with Crippen LogP contribution in [0.25, 0.3) is 22.1 Å². The molecule has 1 aromatic heterocycles. The van der Waals surface area contributed by atoms with Crippen molar-refractivity contribution in [3.05, 3.63) is 59.6 Å². The van der Waals surface area contributed by atoms with Gasteiger partial charge in [-0.25, -0.2) is 4.39 Å². The van der Waals surface area contributed by atoms with Gasteiger partial charge in [-0.2, -0.15) is 5.26 Å². The highest BCUT2D eigenvalue weighted by Gasteiger charge is 2.26. The van der Waals surface area contributed by atoms with E-state index < -0.39 is 5.82 Å². The lowest BCUT2D eigenvalue weighted by molar-refractivity contribution is 0.0908. The highest BCUT2D eigenvalue weighted by molar-refractivity contribution is 6.00. The van der Waals surface area contributed by atoms with Gasteiger partial charge in [-0.05, 0) is 43.5 Å².